The number of allylic oxidation sites excluding steroid dienone is 2. The SMILES string of the molecule is CNC/C(=C(/C)NCC(C)CC1(C)CC2(C)CC(OCCN(Cc3ccc(OC)cc3)C(=O)OCc3ccc(NC)cc3)C=C12)c1ccc(N2CCc3cccc(C=O)c3C2)nc1C(=O)O. The van der Waals surface area contributed by atoms with Gasteiger partial charge >= 0.3 is 12.1 Å². The third-order valence-corrected chi connectivity index (χ3v) is 13.7. The lowest BCUT2D eigenvalue weighted by Gasteiger charge is -2.55. The lowest BCUT2D eigenvalue weighted by molar-refractivity contribution is 0.0197. The molecule has 2 heterocycles. The van der Waals surface area contributed by atoms with Crippen molar-refractivity contribution in [1.82, 2.24) is 20.5 Å². The van der Waals surface area contributed by atoms with Crippen LogP contribution in [0.15, 0.2) is 96.2 Å². The monoisotopic (exact) mass is 898 g/mol. The maximum absolute atomic E-state index is 13.5. The quantitative estimate of drug-likeness (QED) is 0.0467. The summed E-state index contributed by atoms with van der Waals surface area (Å²) in [6.07, 6.45) is 6.50. The van der Waals surface area contributed by atoms with Gasteiger partial charge < -0.3 is 45.1 Å². The van der Waals surface area contributed by atoms with E-state index in [2.05, 4.69) is 42.8 Å². The highest BCUT2D eigenvalue weighted by atomic mass is 16.6. The van der Waals surface area contributed by atoms with Gasteiger partial charge in [-0.15, -0.1) is 0 Å². The number of aromatic nitrogens is 1. The minimum absolute atomic E-state index is 0.00380. The third-order valence-electron chi connectivity index (χ3n) is 13.7. The Hall–Kier alpha value is -6.18. The summed E-state index contributed by atoms with van der Waals surface area (Å²) in [7, 11) is 5.36. The summed E-state index contributed by atoms with van der Waals surface area (Å²) in [5, 5.41) is 20.4. The lowest BCUT2D eigenvalue weighted by atomic mass is 9.49. The Kier molecular flexibility index (Phi) is 15.2. The van der Waals surface area contributed by atoms with Gasteiger partial charge in [0.2, 0.25) is 0 Å². The van der Waals surface area contributed by atoms with Crippen molar-refractivity contribution in [1.29, 1.82) is 0 Å². The Labute approximate surface area is 389 Å². The van der Waals surface area contributed by atoms with Crippen LogP contribution in [0.3, 0.4) is 0 Å². The summed E-state index contributed by atoms with van der Waals surface area (Å²) in [5.74, 6) is 0.570. The molecule has 0 radical (unpaired) electrons. The van der Waals surface area contributed by atoms with Crippen LogP contribution in [0, 0.1) is 16.7 Å². The van der Waals surface area contributed by atoms with Crippen LogP contribution in [0.4, 0.5) is 16.3 Å². The molecule has 0 saturated heterocycles. The van der Waals surface area contributed by atoms with E-state index < -0.39 is 12.1 Å². The van der Waals surface area contributed by atoms with E-state index in [1.165, 1.54) is 5.57 Å². The summed E-state index contributed by atoms with van der Waals surface area (Å²) >= 11 is 0. The van der Waals surface area contributed by atoms with Crippen LogP contribution in [0.25, 0.3) is 5.57 Å². The molecule has 3 aliphatic rings. The van der Waals surface area contributed by atoms with Crippen molar-refractivity contribution in [2.75, 3.05) is 64.2 Å². The molecule has 13 heteroatoms. The molecule has 3 aromatic carbocycles. The molecule has 2 aliphatic carbocycles. The number of nitrogens with zero attached hydrogens (tertiary/aromatic N) is 3. The summed E-state index contributed by atoms with van der Waals surface area (Å²) in [6, 6.07) is 25.0. The number of nitrogens with one attached hydrogen (secondary N) is 3. The number of rotatable bonds is 21. The molecule has 66 heavy (non-hydrogen) atoms. The van der Waals surface area contributed by atoms with Crippen LogP contribution in [0.1, 0.15) is 95.6 Å². The summed E-state index contributed by atoms with van der Waals surface area (Å²) in [5.41, 5.74) is 9.52. The molecule has 4 N–H and O–H groups in total. The normalized spacial score (nSPS) is 20.4. The second kappa shape index (κ2) is 21.0. The molecule has 1 aliphatic heterocycles. The van der Waals surface area contributed by atoms with Crippen molar-refractivity contribution in [3.8, 4) is 5.75 Å². The molecule has 1 aromatic heterocycles. The minimum Gasteiger partial charge on any atom is -0.497 e. The minimum atomic E-state index is -1.09. The number of carboxylic acid groups (broad SMARTS) is 1. The maximum Gasteiger partial charge on any atom is 0.410 e. The number of ether oxygens (including phenoxy) is 3. The molecule has 7 rings (SSSR count). The van der Waals surface area contributed by atoms with Gasteiger partial charge in [0.1, 0.15) is 24.5 Å². The number of likely N-dealkylation sites (N-methyl/N-ethyl adjacent to an activating group) is 1. The number of benzene rings is 3. The van der Waals surface area contributed by atoms with Gasteiger partial charge in [0.15, 0.2) is 5.69 Å². The van der Waals surface area contributed by atoms with Gasteiger partial charge in [-0.05, 0) is 121 Å². The second-order valence-electron chi connectivity index (χ2n) is 18.7. The largest absolute Gasteiger partial charge is 0.497 e. The van der Waals surface area contributed by atoms with E-state index in [0.29, 0.717) is 62.2 Å². The van der Waals surface area contributed by atoms with Gasteiger partial charge in [0, 0.05) is 68.8 Å². The van der Waals surface area contributed by atoms with Gasteiger partial charge in [-0.25, -0.2) is 14.6 Å². The van der Waals surface area contributed by atoms with Crippen LogP contribution >= 0.6 is 0 Å². The van der Waals surface area contributed by atoms with Gasteiger partial charge in [-0.3, -0.25) is 4.79 Å². The van der Waals surface area contributed by atoms with Crippen LogP contribution in [-0.2, 0) is 35.6 Å². The molecule has 1 amide bonds. The number of methoxy groups -OCH3 is 1. The number of anilines is 2. The molecule has 4 atom stereocenters. The van der Waals surface area contributed by atoms with E-state index in [0.717, 1.165) is 83.5 Å². The zero-order chi connectivity index (χ0) is 47.0. The maximum atomic E-state index is 13.5. The topological polar surface area (TPSA) is 155 Å². The number of aromatic carboxylic acids is 1. The van der Waals surface area contributed by atoms with E-state index in [9.17, 15) is 19.5 Å². The number of carboxylic acids is 1. The Bertz CT molecular complexity index is 2440. The van der Waals surface area contributed by atoms with Gasteiger partial charge in [-0.1, -0.05) is 74.9 Å². The molecule has 13 nitrogen and oxygen atoms in total. The first-order valence-corrected chi connectivity index (χ1v) is 23.1. The average Bonchev–Trinajstić information content (AvgIpc) is 3.61. The Balaban J connectivity index is 0.961. The average molecular weight is 899 g/mol. The van der Waals surface area contributed by atoms with E-state index in [1.54, 1.807) is 12.0 Å². The van der Waals surface area contributed by atoms with Crippen molar-refractivity contribution in [3.63, 3.8) is 0 Å². The number of aldehydes is 1. The van der Waals surface area contributed by atoms with E-state index in [-0.39, 0.29) is 29.2 Å². The molecular formula is C53H66N6O7. The fourth-order valence-electron chi connectivity index (χ4n) is 10.6. The van der Waals surface area contributed by atoms with Crippen molar-refractivity contribution in [3.05, 3.63) is 135 Å². The molecule has 1 fully saturated rings. The summed E-state index contributed by atoms with van der Waals surface area (Å²) in [6.45, 7) is 12.6. The fraction of sp³-hybridized carbons (Fsp3) is 0.434. The van der Waals surface area contributed by atoms with E-state index in [4.69, 9.17) is 19.2 Å². The standard InChI is InChI=1S/C53H66N6O7/c1-35(28-56-36(2)45(29-54-5)44-19-20-48(57-49(44)50(61)62)58-22-21-39-9-8-10-40(32-60)46(39)31-58)26-52(3)34-53(4)27-43(25-47(52)53)65-24-23-59(30-37-13-17-42(64-7)18-14-37)51(63)66-33-38-11-15-41(55-6)16-12-38/h8-20,25,32,35,43,54-56H,21-24,26-31,33-34H2,1-7H3,(H,61,62)/b45-36+. The number of carbonyl (C=O) groups is 3. The fourth-order valence-corrected chi connectivity index (χ4v) is 10.6. The van der Waals surface area contributed by atoms with Crippen molar-refractivity contribution in [2.45, 2.75) is 79.2 Å². The van der Waals surface area contributed by atoms with Crippen LogP contribution in [0.5, 0.6) is 5.75 Å². The predicted octanol–water partition coefficient (Wildman–Crippen LogP) is 8.74. The van der Waals surface area contributed by atoms with Gasteiger partial charge in [0.25, 0.3) is 0 Å². The highest BCUT2D eigenvalue weighted by Crippen LogP contribution is 2.66. The van der Waals surface area contributed by atoms with E-state index >= 15 is 0 Å². The van der Waals surface area contributed by atoms with Crippen LogP contribution in [-0.4, -0.2) is 93.4 Å². The van der Waals surface area contributed by atoms with Crippen molar-refractivity contribution in [2.24, 2.45) is 16.7 Å². The highest BCUT2D eigenvalue weighted by molar-refractivity contribution is 5.93. The van der Waals surface area contributed by atoms with Crippen molar-refractivity contribution < 1.29 is 33.7 Å². The van der Waals surface area contributed by atoms with Gasteiger partial charge in [-0.2, -0.15) is 0 Å². The molecular weight excluding hydrogens is 833 g/mol. The smallest absolute Gasteiger partial charge is 0.410 e. The van der Waals surface area contributed by atoms with Crippen LogP contribution in [0.2, 0.25) is 0 Å². The number of hydrogen-bond acceptors (Lipinski definition) is 11. The Morgan fingerprint density at radius 3 is 2.48 bits per heavy atom. The highest BCUT2D eigenvalue weighted by Gasteiger charge is 2.57. The van der Waals surface area contributed by atoms with E-state index in [1.807, 2.05) is 105 Å². The third kappa shape index (κ3) is 10.9. The number of pyridine rings is 1. The lowest BCUT2D eigenvalue weighted by Crippen LogP contribution is -2.45. The molecule has 350 valence electrons. The number of hydrogen-bond donors (Lipinski definition) is 4. The first kappa shape index (κ1) is 47.8. The zero-order valence-electron chi connectivity index (χ0n) is 39.5. The van der Waals surface area contributed by atoms with Crippen LogP contribution < -0.4 is 25.6 Å². The number of carbonyl (C=O) groups excluding carboxylic acids is 2. The molecule has 1 saturated carbocycles. The molecule has 4 aromatic rings. The first-order chi connectivity index (χ1) is 31.8. The molecule has 0 bridgehead atoms. The van der Waals surface area contributed by atoms with Crippen molar-refractivity contribution >= 4 is 35.4 Å². The Morgan fingerprint density at radius 1 is 1.03 bits per heavy atom. The molecule has 4 unspecified atom stereocenters. The number of amides is 1. The number of fused-ring (bicyclic) bond motifs is 2. The first-order valence-electron chi connectivity index (χ1n) is 23.1. The van der Waals surface area contributed by atoms with Gasteiger partial charge in [0.05, 0.1) is 19.8 Å². The predicted molar refractivity (Wildman–Crippen MR) is 259 cm³/mol. The molecule has 0 spiro atoms. The Morgan fingerprint density at radius 2 is 1.79 bits per heavy atom. The zero-order valence-corrected chi connectivity index (χ0v) is 39.5. The summed E-state index contributed by atoms with van der Waals surface area (Å²) in [4.78, 5) is 46.5. The second-order valence-corrected chi connectivity index (χ2v) is 18.7. The summed E-state index contributed by atoms with van der Waals surface area (Å²) < 4.78 is 17.6.